The number of carbonyl (C=O) groups excluding carboxylic acids is 1. The zero-order chi connectivity index (χ0) is 20.5. The first-order valence-electron chi connectivity index (χ1n) is 9.82. The third-order valence-corrected chi connectivity index (χ3v) is 6.50. The highest BCUT2D eigenvalue weighted by Crippen LogP contribution is 2.42. The zero-order valence-corrected chi connectivity index (χ0v) is 18.0. The largest absolute Gasteiger partial charge is 0.474 e. The predicted octanol–water partition coefficient (Wildman–Crippen LogP) is 4.16. The number of fused-ring (bicyclic) bond motifs is 3. The summed E-state index contributed by atoms with van der Waals surface area (Å²) in [7, 11) is 7.59. The minimum absolute atomic E-state index is 0.135. The Morgan fingerprint density at radius 1 is 1.07 bits per heavy atom. The van der Waals surface area contributed by atoms with Crippen molar-refractivity contribution < 1.29 is 14.3 Å². The highest BCUT2D eigenvalue weighted by atomic mass is 32.1. The van der Waals surface area contributed by atoms with Crippen molar-refractivity contribution in [2.24, 2.45) is 0 Å². The van der Waals surface area contributed by atoms with Crippen molar-refractivity contribution >= 4 is 37.7 Å². The van der Waals surface area contributed by atoms with E-state index in [9.17, 15) is 4.79 Å². The minimum Gasteiger partial charge on any atom is -0.474 e. The molecule has 0 radical (unpaired) electrons. The van der Waals surface area contributed by atoms with Crippen molar-refractivity contribution in [1.82, 2.24) is 19.8 Å². The predicted molar refractivity (Wildman–Crippen MR) is 115 cm³/mol. The number of benzene rings is 1. The number of hydrogen-bond donors (Lipinski definition) is 0. The Morgan fingerprint density at radius 3 is 2.52 bits per heavy atom. The monoisotopic (exact) mass is 414 g/mol. The number of carbonyl (C=O) groups is 1. The Hall–Kier alpha value is -2.45. The summed E-state index contributed by atoms with van der Waals surface area (Å²) in [6, 6.07) is 6.29. The first-order chi connectivity index (χ1) is 13.9. The molecular formula is C21H26N4O3S. The van der Waals surface area contributed by atoms with Crippen LogP contribution in [0.15, 0.2) is 24.5 Å². The van der Waals surface area contributed by atoms with Gasteiger partial charge >= 0.3 is 6.09 Å². The number of amides is 1. The Balaban J connectivity index is 1.69. The molecule has 0 atom stereocenters. The molecule has 1 amide bonds. The van der Waals surface area contributed by atoms with Gasteiger partial charge in [0.15, 0.2) is 0 Å². The van der Waals surface area contributed by atoms with Crippen LogP contribution in [0.2, 0.25) is 0 Å². The fourth-order valence-electron chi connectivity index (χ4n) is 3.79. The molecule has 0 bridgehead atoms. The van der Waals surface area contributed by atoms with E-state index < -0.39 is 6.09 Å². The fraction of sp³-hybridized carbons (Fsp3) is 0.476. The van der Waals surface area contributed by atoms with E-state index in [4.69, 9.17) is 9.47 Å². The number of hydrogen-bond acceptors (Lipinski definition) is 7. The second-order valence-corrected chi connectivity index (χ2v) is 8.90. The third-order valence-electron chi connectivity index (χ3n) is 5.44. The second-order valence-electron chi connectivity index (χ2n) is 7.86. The van der Waals surface area contributed by atoms with E-state index in [1.165, 1.54) is 4.90 Å². The number of rotatable bonds is 4. The smallest absolute Gasteiger partial charge is 0.414 e. The highest BCUT2D eigenvalue weighted by molar-refractivity contribution is 7.25. The maximum absolute atomic E-state index is 12.1. The van der Waals surface area contributed by atoms with Crippen LogP contribution >= 0.6 is 11.3 Å². The fourth-order valence-corrected chi connectivity index (χ4v) is 4.84. The van der Waals surface area contributed by atoms with Crippen LogP contribution in [0.5, 0.6) is 11.6 Å². The van der Waals surface area contributed by atoms with Crippen LogP contribution < -0.4 is 9.47 Å². The average molecular weight is 415 g/mol. The Morgan fingerprint density at radius 2 is 1.83 bits per heavy atom. The van der Waals surface area contributed by atoms with Gasteiger partial charge in [-0.3, -0.25) is 0 Å². The second kappa shape index (κ2) is 8.12. The van der Waals surface area contributed by atoms with Crippen molar-refractivity contribution in [3.05, 3.63) is 24.5 Å². The molecule has 7 nitrogen and oxygen atoms in total. The summed E-state index contributed by atoms with van der Waals surface area (Å²) in [6.45, 7) is 0. The number of ether oxygens (including phenoxy) is 2. The molecular weight excluding hydrogens is 388 g/mol. The van der Waals surface area contributed by atoms with Gasteiger partial charge < -0.3 is 19.3 Å². The van der Waals surface area contributed by atoms with Gasteiger partial charge in [0.1, 0.15) is 23.0 Å². The average Bonchev–Trinajstić information content (AvgIpc) is 3.09. The van der Waals surface area contributed by atoms with E-state index in [1.807, 2.05) is 12.1 Å². The summed E-state index contributed by atoms with van der Waals surface area (Å²) < 4.78 is 13.0. The topological polar surface area (TPSA) is 67.8 Å². The van der Waals surface area contributed by atoms with E-state index in [0.717, 1.165) is 46.0 Å². The van der Waals surface area contributed by atoms with Gasteiger partial charge in [-0.15, -0.1) is 11.3 Å². The van der Waals surface area contributed by atoms with Crippen LogP contribution in [0.1, 0.15) is 25.7 Å². The molecule has 3 aromatic rings. The van der Waals surface area contributed by atoms with Crippen LogP contribution in [-0.4, -0.2) is 66.2 Å². The molecule has 4 rings (SSSR count). The molecule has 8 heteroatoms. The van der Waals surface area contributed by atoms with Crippen molar-refractivity contribution in [3.8, 4) is 11.6 Å². The Kier molecular flexibility index (Phi) is 5.56. The minimum atomic E-state index is -0.418. The molecule has 1 aliphatic carbocycles. The van der Waals surface area contributed by atoms with E-state index >= 15 is 0 Å². The molecule has 2 heterocycles. The molecule has 154 valence electrons. The molecule has 0 N–H and O–H groups in total. The molecule has 1 saturated carbocycles. The van der Waals surface area contributed by atoms with Crippen molar-refractivity contribution in [2.75, 3.05) is 28.2 Å². The Labute approximate surface area is 174 Å². The van der Waals surface area contributed by atoms with Crippen molar-refractivity contribution in [3.63, 3.8) is 0 Å². The van der Waals surface area contributed by atoms with Gasteiger partial charge in [0.05, 0.1) is 10.8 Å². The lowest BCUT2D eigenvalue weighted by molar-refractivity contribution is 0.108. The molecule has 2 aromatic heterocycles. The number of thiophene rings is 1. The van der Waals surface area contributed by atoms with Crippen LogP contribution in [0.25, 0.3) is 20.3 Å². The van der Waals surface area contributed by atoms with E-state index in [2.05, 4.69) is 29.0 Å². The van der Waals surface area contributed by atoms with Crippen molar-refractivity contribution in [2.45, 2.75) is 37.8 Å². The van der Waals surface area contributed by atoms with Crippen LogP contribution in [-0.2, 0) is 0 Å². The first-order valence-corrected chi connectivity index (χ1v) is 10.6. The van der Waals surface area contributed by atoms with Crippen LogP contribution in [0.3, 0.4) is 0 Å². The molecule has 1 aromatic carbocycles. The summed E-state index contributed by atoms with van der Waals surface area (Å²) >= 11 is 1.55. The summed E-state index contributed by atoms with van der Waals surface area (Å²) in [5.41, 5.74) is 0. The first kappa shape index (κ1) is 19.8. The normalized spacial score (nSPS) is 19.6. The van der Waals surface area contributed by atoms with Gasteiger partial charge in [0, 0.05) is 24.8 Å². The maximum Gasteiger partial charge on any atom is 0.414 e. The Bertz CT molecular complexity index is 1030. The summed E-state index contributed by atoms with van der Waals surface area (Å²) in [5, 5.41) is 1.66. The molecule has 1 aliphatic rings. The van der Waals surface area contributed by atoms with E-state index in [1.54, 1.807) is 37.8 Å². The number of nitrogens with zero attached hydrogens (tertiary/aromatic N) is 4. The lowest BCUT2D eigenvalue weighted by Crippen LogP contribution is -2.35. The molecule has 0 spiro atoms. The lowest BCUT2D eigenvalue weighted by Gasteiger charge is -2.32. The summed E-state index contributed by atoms with van der Waals surface area (Å²) in [4.78, 5) is 25.5. The molecule has 29 heavy (non-hydrogen) atoms. The van der Waals surface area contributed by atoms with Crippen LogP contribution in [0.4, 0.5) is 4.79 Å². The van der Waals surface area contributed by atoms with Crippen LogP contribution in [0, 0.1) is 0 Å². The molecule has 0 unspecified atom stereocenters. The van der Waals surface area contributed by atoms with Gasteiger partial charge in [-0.25, -0.2) is 14.8 Å². The lowest BCUT2D eigenvalue weighted by atomic mass is 9.92. The third kappa shape index (κ3) is 4.00. The van der Waals surface area contributed by atoms with E-state index in [-0.39, 0.29) is 6.10 Å². The van der Waals surface area contributed by atoms with Gasteiger partial charge in [0.2, 0.25) is 5.88 Å². The highest BCUT2D eigenvalue weighted by Gasteiger charge is 2.26. The van der Waals surface area contributed by atoms with Gasteiger partial charge in [-0.1, -0.05) is 6.07 Å². The molecule has 0 saturated heterocycles. The SMILES string of the molecule is CN(C)C(=O)Oc1cccc2sc3ncnc(O[C@H]4CC[C@H](N(C)C)CC4)c3c12. The van der Waals surface area contributed by atoms with E-state index in [0.29, 0.717) is 17.7 Å². The standard InChI is InChI=1S/C21H26N4O3S/c1-24(2)13-8-10-14(11-9-13)27-19-18-17-15(28-21(26)25(3)4)6-5-7-16(17)29-20(18)23-12-22-19/h5-7,12-14H,8-11H2,1-4H3/t13-,14-. The summed E-state index contributed by atoms with van der Waals surface area (Å²) in [5.74, 6) is 1.08. The summed E-state index contributed by atoms with van der Waals surface area (Å²) in [6.07, 6.45) is 5.49. The molecule has 0 aliphatic heterocycles. The number of aromatic nitrogens is 2. The molecule has 1 fully saturated rings. The van der Waals surface area contributed by atoms with Crippen molar-refractivity contribution in [1.29, 1.82) is 0 Å². The quantitative estimate of drug-likeness (QED) is 0.639. The van der Waals surface area contributed by atoms with Gasteiger partial charge in [0.25, 0.3) is 0 Å². The zero-order valence-electron chi connectivity index (χ0n) is 17.2. The maximum atomic E-state index is 12.1. The van der Waals surface area contributed by atoms with Gasteiger partial charge in [-0.2, -0.15) is 0 Å². The van der Waals surface area contributed by atoms with Gasteiger partial charge in [-0.05, 0) is 51.9 Å².